The topological polar surface area (TPSA) is 80.9 Å². The molecule has 0 aliphatic carbocycles. The maximum absolute atomic E-state index is 8.50. The molecule has 0 saturated heterocycles. The number of hydrogen-bond donors (Lipinski definition) is 4. The Balaban J connectivity index is 0. The third kappa shape index (κ3) is 2.99. The van der Waals surface area contributed by atoms with Crippen LogP contribution in [0.25, 0.3) is 0 Å². The Morgan fingerprint density at radius 3 is 0.900 bits per heavy atom. The van der Waals surface area contributed by atoms with Crippen LogP contribution in [0.5, 0.6) is 0 Å². The van der Waals surface area contributed by atoms with Gasteiger partial charge in [-0.15, -0.1) is 0 Å². The molecule has 0 aliphatic heterocycles. The fourth-order valence-electron chi connectivity index (χ4n) is 0.300. The minimum absolute atomic E-state index is 0. The van der Waals surface area contributed by atoms with E-state index in [0.717, 1.165) is 0 Å². The first-order chi connectivity index (χ1) is 4.24. The van der Waals surface area contributed by atoms with Gasteiger partial charge >= 0.3 is 18.0 Å². The number of aliphatic hydroxyl groups is 4. The molecule has 0 spiro atoms. The summed E-state index contributed by atoms with van der Waals surface area (Å²) < 4.78 is 0. The maximum atomic E-state index is 8.50. The molecular weight excluding hydrogens is 199 g/mol. The van der Waals surface area contributed by atoms with Gasteiger partial charge in [0, 0.05) is 0 Å². The summed E-state index contributed by atoms with van der Waals surface area (Å²) in [6.45, 7) is -1.62. The molecular formula is C5H15AsO4. The summed E-state index contributed by atoms with van der Waals surface area (Å²) in [4.78, 5) is 0. The zero-order valence-electron chi connectivity index (χ0n) is 5.82. The second-order valence-electron chi connectivity index (χ2n) is 2.13. The summed E-state index contributed by atoms with van der Waals surface area (Å²) in [5.41, 5.74) is -1.11. The van der Waals surface area contributed by atoms with Gasteiger partial charge < -0.3 is 20.4 Å². The monoisotopic (exact) mass is 214 g/mol. The Bertz CT molecular complexity index is 56.5. The van der Waals surface area contributed by atoms with Gasteiger partial charge in [-0.25, -0.2) is 0 Å². The van der Waals surface area contributed by atoms with Crippen LogP contribution in [0.2, 0.25) is 0 Å². The van der Waals surface area contributed by atoms with Crippen LogP contribution in [0.1, 0.15) is 0 Å². The third-order valence-corrected chi connectivity index (χ3v) is 1.34. The van der Waals surface area contributed by atoms with E-state index >= 15 is 0 Å². The van der Waals surface area contributed by atoms with E-state index in [0.29, 0.717) is 0 Å². The number of hydrogen-bond acceptors (Lipinski definition) is 4. The second-order valence-corrected chi connectivity index (χ2v) is 2.13. The van der Waals surface area contributed by atoms with E-state index in [1.54, 1.807) is 0 Å². The van der Waals surface area contributed by atoms with Gasteiger partial charge in [0.05, 0.1) is 31.8 Å². The van der Waals surface area contributed by atoms with Crippen LogP contribution in [0.15, 0.2) is 0 Å². The fraction of sp³-hybridized carbons (Fsp3) is 1.00. The molecule has 4 nitrogen and oxygen atoms in total. The molecule has 0 fully saturated rings. The Hall–Kier alpha value is 0.398. The summed E-state index contributed by atoms with van der Waals surface area (Å²) in [6, 6.07) is 0. The van der Waals surface area contributed by atoms with Gasteiger partial charge in [0.15, 0.2) is 0 Å². The molecule has 0 aromatic carbocycles. The molecule has 0 saturated carbocycles. The predicted molar refractivity (Wildman–Crippen MR) is 40.7 cm³/mol. The SMILES string of the molecule is OCC(CO)(CO)CO.[AsH3]. The Morgan fingerprint density at radius 1 is 0.700 bits per heavy atom. The number of aliphatic hydroxyl groups excluding tert-OH is 4. The number of rotatable bonds is 4. The summed E-state index contributed by atoms with van der Waals surface area (Å²) in [6.07, 6.45) is 0. The van der Waals surface area contributed by atoms with E-state index in [2.05, 4.69) is 0 Å². The van der Waals surface area contributed by atoms with Crippen LogP contribution in [0.3, 0.4) is 0 Å². The molecule has 1 unspecified atom stereocenters. The van der Waals surface area contributed by atoms with Crippen molar-refractivity contribution in [2.75, 3.05) is 26.4 Å². The van der Waals surface area contributed by atoms with Crippen LogP contribution < -0.4 is 0 Å². The molecule has 64 valence electrons. The van der Waals surface area contributed by atoms with Gasteiger partial charge in [0.1, 0.15) is 0 Å². The summed E-state index contributed by atoms with van der Waals surface area (Å²) in [5.74, 6) is 0. The van der Waals surface area contributed by atoms with Gasteiger partial charge in [-0.3, -0.25) is 0 Å². The summed E-state index contributed by atoms with van der Waals surface area (Å²) >= 11 is 0. The summed E-state index contributed by atoms with van der Waals surface area (Å²) in [7, 11) is 0. The van der Waals surface area contributed by atoms with Crippen LogP contribution in [-0.4, -0.2) is 64.8 Å². The molecule has 0 aromatic heterocycles. The van der Waals surface area contributed by atoms with Crippen molar-refractivity contribution in [3.8, 4) is 0 Å². The van der Waals surface area contributed by atoms with E-state index in [-0.39, 0.29) is 18.0 Å². The van der Waals surface area contributed by atoms with Crippen molar-refractivity contribution < 1.29 is 20.4 Å². The molecule has 4 N–H and O–H groups in total. The van der Waals surface area contributed by atoms with Gasteiger partial charge in [0.25, 0.3) is 0 Å². The summed E-state index contributed by atoms with van der Waals surface area (Å²) in [5, 5.41) is 34.0. The molecule has 0 aromatic rings. The Labute approximate surface area is 70.8 Å². The quantitative estimate of drug-likeness (QED) is 0.371. The van der Waals surface area contributed by atoms with Crippen LogP contribution >= 0.6 is 0 Å². The average Bonchev–Trinajstić information content (AvgIpc) is 1.95. The standard InChI is InChI=1S/C5H12O4.AsH3/c6-1-5(2-7,3-8)4-9;/h6-9H,1-4H2;1H3. The van der Waals surface area contributed by atoms with Crippen molar-refractivity contribution in [2.45, 2.75) is 0 Å². The molecule has 5 heteroatoms. The van der Waals surface area contributed by atoms with Crippen LogP contribution in [0.4, 0.5) is 0 Å². The first-order valence-electron chi connectivity index (χ1n) is 2.68. The molecule has 0 radical (unpaired) electrons. The van der Waals surface area contributed by atoms with Gasteiger partial charge in [-0.05, 0) is 0 Å². The van der Waals surface area contributed by atoms with E-state index in [1.165, 1.54) is 0 Å². The van der Waals surface area contributed by atoms with E-state index in [4.69, 9.17) is 20.4 Å². The minimum atomic E-state index is -1.11. The molecule has 0 bridgehead atoms. The van der Waals surface area contributed by atoms with Crippen molar-refractivity contribution in [1.82, 2.24) is 0 Å². The molecule has 0 heterocycles. The molecule has 10 heavy (non-hydrogen) atoms. The fourth-order valence-corrected chi connectivity index (χ4v) is 0.300. The van der Waals surface area contributed by atoms with Crippen LogP contribution in [-0.2, 0) is 0 Å². The zero-order chi connectivity index (χ0) is 7.33. The molecule has 0 amide bonds. The third-order valence-electron chi connectivity index (χ3n) is 1.34. The van der Waals surface area contributed by atoms with E-state index < -0.39 is 31.8 Å². The van der Waals surface area contributed by atoms with Gasteiger partial charge in [0.2, 0.25) is 0 Å². The Morgan fingerprint density at radius 2 is 0.900 bits per heavy atom. The molecule has 0 rings (SSSR count). The predicted octanol–water partition coefficient (Wildman–Crippen LogP) is -3.24. The van der Waals surface area contributed by atoms with Gasteiger partial charge in [-0.2, -0.15) is 0 Å². The van der Waals surface area contributed by atoms with Crippen LogP contribution in [0, 0.1) is 5.41 Å². The second kappa shape index (κ2) is 6.13. The van der Waals surface area contributed by atoms with E-state index in [1.807, 2.05) is 0 Å². The first-order valence-corrected chi connectivity index (χ1v) is 2.68. The van der Waals surface area contributed by atoms with E-state index in [9.17, 15) is 0 Å². The Kier molecular flexibility index (Phi) is 7.98. The van der Waals surface area contributed by atoms with Crippen molar-refractivity contribution in [1.29, 1.82) is 0 Å². The zero-order valence-corrected chi connectivity index (χ0v) is 8.79. The van der Waals surface area contributed by atoms with Crippen molar-refractivity contribution in [3.05, 3.63) is 0 Å². The van der Waals surface area contributed by atoms with Crippen molar-refractivity contribution in [2.24, 2.45) is 5.41 Å². The average molecular weight is 214 g/mol. The van der Waals surface area contributed by atoms with Gasteiger partial charge in [-0.1, -0.05) is 0 Å². The molecule has 1 atom stereocenters. The molecule has 0 aliphatic rings. The first kappa shape index (κ1) is 13.0. The van der Waals surface area contributed by atoms with Crippen molar-refractivity contribution >= 4 is 18.0 Å². The van der Waals surface area contributed by atoms with Crippen molar-refractivity contribution in [3.63, 3.8) is 0 Å². The normalized spacial score (nSPS) is 10.8.